The molecule has 0 fully saturated rings. The van der Waals surface area contributed by atoms with Crippen molar-refractivity contribution in [1.29, 1.82) is 0 Å². The van der Waals surface area contributed by atoms with Crippen molar-refractivity contribution < 1.29 is 26.3 Å². The quantitative estimate of drug-likeness (QED) is 0.244. The first-order chi connectivity index (χ1) is 16.5. The van der Waals surface area contributed by atoms with Gasteiger partial charge in [0, 0.05) is 15.3 Å². The van der Waals surface area contributed by atoms with Crippen LogP contribution in [-0.2, 0) is 0 Å². The number of rotatable bonds is 4. The molecule has 1 aliphatic carbocycles. The molecule has 5 rings (SSSR count). The second-order valence-corrected chi connectivity index (χ2v) is 10.5. The van der Waals surface area contributed by atoms with Crippen LogP contribution in [0, 0.1) is 13.8 Å². The topological polar surface area (TPSA) is 12.9 Å². The van der Waals surface area contributed by atoms with E-state index in [2.05, 4.69) is 4.98 Å². The van der Waals surface area contributed by atoms with Gasteiger partial charge in [0.2, 0.25) is 0 Å². The van der Waals surface area contributed by atoms with E-state index in [0.29, 0.717) is 37.9 Å². The number of thiazole rings is 1. The first kappa shape index (κ1) is 23.8. The summed E-state index contributed by atoms with van der Waals surface area (Å²) in [7, 11) is 0. The number of allylic oxidation sites excluding steroid dienone is 2. The van der Waals surface area contributed by atoms with E-state index in [1.165, 1.54) is 19.9 Å². The Morgan fingerprint density at radius 2 is 1.23 bits per heavy atom. The highest BCUT2D eigenvalue weighted by molar-refractivity contribution is 7.16. The summed E-state index contributed by atoms with van der Waals surface area (Å²) >= 11 is 1.79. The van der Waals surface area contributed by atoms with Crippen molar-refractivity contribution in [2.24, 2.45) is 0 Å². The SMILES string of the molecule is Cc1nc(C2=C(c3cc(-c4ccccc4)sc3C)C(F)(F)C(F)(F)C2(F)F)sc1-c1ccccc1. The summed E-state index contributed by atoms with van der Waals surface area (Å²) in [4.78, 5) is 5.29. The lowest BCUT2D eigenvalue weighted by Crippen LogP contribution is -2.48. The molecule has 0 bridgehead atoms. The van der Waals surface area contributed by atoms with Crippen molar-refractivity contribution in [3.63, 3.8) is 0 Å². The fourth-order valence-corrected chi connectivity index (χ4v) is 6.39. The Morgan fingerprint density at radius 3 is 1.83 bits per heavy atom. The lowest BCUT2D eigenvalue weighted by atomic mass is 9.99. The molecule has 180 valence electrons. The van der Waals surface area contributed by atoms with Gasteiger partial charge >= 0.3 is 17.8 Å². The van der Waals surface area contributed by atoms with E-state index in [1.54, 1.807) is 60.7 Å². The smallest absolute Gasteiger partial charge is 0.241 e. The van der Waals surface area contributed by atoms with Gasteiger partial charge in [-0.3, -0.25) is 0 Å². The molecule has 0 atom stereocenters. The van der Waals surface area contributed by atoms with Crippen LogP contribution >= 0.6 is 22.7 Å². The Labute approximate surface area is 205 Å². The highest BCUT2D eigenvalue weighted by Gasteiger charge is 2.80. The molecule has 0 N–H and O–H groups in total. The molecule has 0 amide bonds. The molecule has 0 saturated heterocycles. The minimum Gasteiger partial charge on any atom is -0.241 e. The third kappa shape index (κ3) is 3.47. The summed E-state index contributed by atoms with van der Waals surface area (Å²) in [6, 6.07) is 18.6. The Kier molecular flexibility index (Phi) is 5.49. The minimum absolute atomic E-state index is 0.237. The summed E-state index contributed by atoms with van der Waals surface area (Å²) in [5.74, 6) is -15.8. The van der Waals surface area contributed by atoms with Crippen molar-refractivity contribution >= 4 is 33.8 Å². The molecule has 0 aliphatic heterocycles. The number of nitrogens with zero attached hydrogens (tertiary/aromatic N) is 1. The Morgan fingerprint density at radius 1 is 0.686 bits per heavy atom. The van der Waals surface area contributed by atoms with Crippen LogP contribution in [0.2, 0.25) is 0 Å². The monoisotopic (exact) mass is 521 g/mol. The normalized spacial score (nSPS) is 18.3. The molecule has 2 aromatic carbocycles. The predicted molar refractivity (Wildman–Crippen MR) is 128 cm³/mol. The number of halogens is 6. The molecule has 0 spiro atoms. The number of aryl methyl sites for hydroxylation is 2. The predicted octanol–water partition coefficient (Wildman–Crippen LogP) is 8.99. The molecule has 0 radical (unpaired) electrons. The average Bonchev–Trinajstić information content (AvgIpc) is 3.42. The van der Waals surface area contributed by atoms with E-state index in [1.807, 2.05) is 0 Å². The number of hydrogen-bond acceptors (Lipinski definition) is 3. The summed E-state index contributed by atoms with van der Waals surface area (Å²) in [6.07, 6.45) is 0. The lowest BCUT2D eigenvalue weighted by molar-refractivity contribution is -0.254. The van der Waals surface area contributed by atoms with Crippen LogP contribution in [0.25, 0.3) is 32.0 Å². The molecule has 35 heavy (non-hydrogen) atoms. The van der Waals surface area contributed by atoms with Gasteiger partial charge in [0.1, 0.15) is 5.01 Å². The Balaban J connectivity index is 1.78. The standard InChI is InChI=1S/C26H17F6NS2/c1-14-22(17-11-7-4-8-12-17)35-23(33-14)21-20(24(27,28)26(31,32)25(21,29)30)18-13-19(34-15(18)2)16-9-5-3-6-10-16/h3-13H,1-2H3. The molecule has 0 saturated carbocycles. The maximum absolute atomic E-state index is 15.2. The van der Waals surface area contributed by atoms with Crippen molar-refractivity contribution in [1.82, 2.24) is 4.98 Å². The van der Waals surface area contributed by atoms with Gasteiger partial charge in [-0.15, -0.1) is 22.7 Å². The summed E-state index contributed by atoms with van der Waals surface area (Å²) < 4.78 is 90.2. The number of thiophene rings is 1. The zero-order valence-electron chi connectivity index (χ0n) is 18.4. The number of benzene rings is 2. The first-order valence-electron chi connectivity index (χ1n) is 10.5. The molecule has 0 unspecified atom stereocenters. The number of hydrogen-bond donors (Lipinski definition) is 0. The maximum atomic E-state index is 15.2. The lowest BCUT2D eigenvalue weighted by Gasteiger charge is -2.25. The summed E-state index contributed by atoms with van der Waals surface area (Å²) in [6.45, 7) is 3.00. The zero-order valence-corrected chi connectivity index (χ0v) is 20.0. The second kappa shape index (κ2) is 8.06. The molecule has 2 aromatic heterocycles. The van der Waals surface area contributed by atoms with E-state index in [9.17, 15) is 8.78 Å². The number of aromatic nitrogens is 1. The van der Waals surface area contributed by atoms with Gasteiger partial charge in [0.25, 0.3) is 0 Å². The van der Waals surface area contributed by atoms with Gasteiger partial charge in [0.05, 0.1) is 16.1 Å². The zero-order chi connectivity index (χ0) is 25.2. The Hall–Kier alpha value is -2.91. The van der Waals surface area contributed by atoms with Gasteiger partial charge in [-0.05, 0) is 36.6 Å². The van der Waals surface area contributed by atoms with Gasteiger partial charge in [-0.1, -0.05) is 60.7 Å². The average molecular weight is 522 g/mol. The van der Waals surface area contributed by atoms with Gasteiger partial charge in [-0.2, -0.15) is 26.3 Å². The molecule has 1 aliphatic rings. The minimum atomic E-state index is -5.61. The summed E-state index contributed by atoms with van der Waals surface area (Å²) in [5, 5.41) is -0.537. The van der Waals surface area contributed by atoms with E-state index in [-0.39, 0.29) is 10.4 Å². The Bertz CT molecular complexity index is 1440. The van der Waals surface area contributed by atoms with Crippen LogP contribution in [0.1, 0.15) is 21.1 Å². The molecule has 4 aromatic rings. The van der Waals surface area contributed by atoms with E-state index in [4.69, 9.17) is 0 Å². The highest BCUT2D eigenvalue weighted by atomic mass is 32.1. The maximum Gasteiger partial charge on any atom is 0.380 e. The fourth-order valence-electron chi connectivity index (χ4n) is 4.21. The second-order valence-electron chi connectivity index (χ2n) is 8.22. The third-order valence-corrected chi connectivity index (χ3v) is 8.28. The van der Waals surface area contributed by atoms with Crippen molar-refractivity contribution in [3.05, 3.63) is 87.9 Å². The third-order valence-electron chi connectivity index (χ3n) is 5.96. The van der Waals surface area contributed by atoms with Crippen LogP contribution < -0.4 is 0 Å². The van der Waals surface area contributed by atoms with Gasteiger partial charge in [-0.25, -0.2) is 4.98 Å². The first-order valence-corrected chi connectivity index (χ1v) is 12.2. The van der Waals surface area contributed by atoms with E-state index >= 15 is 17.6 Å². The highest BCUT2D eigenvalue weighted by Crippen LogP contribution is 2.65. The molecular weight excluding hydrogens is 504 g/mol. The number of alkyl halides is 6. The van der Waals surface area contributed by atoms with E-state index in [0.717, 1.165) is 11.3 Å². The molecule has 2 heterocycles. The van der Waals surface area contributed by atoms with Crippen LogP contribution in [-0.4, -0.2) is 22.8 Å². The van der Waals surface area contributed by atoms with Crippen molar-refractivity contribution in [2.75, 3.05) is 0 Å². The largest absolute Gasteiger partial charge is 0.380 e. The van der Waals surface area contributed by atoms with Crippen LogP contribution in [0.4, 0.5) is 26.3 Å². The van der Waals surface area contributed by atoms with Crippen LogP contribution in [0.3, 0.4) is 0 Å². The molecule has 1 nitrogen and oxygen atoms in total. The molecule has 9 heteroatoms. The van der Waals surface area contributed by atoms with Crippen molar-refractivity contribution in [3.8, 4) is 20.9 Å². The summed E-state index contributed by atoms with van der Waals surface area (Å²) in [5.41, 5.74) is -1.50. The van der Waals surface area contributed by atoms with Crippen LogP contribution in [0.5, 0.6) is 0 Å². The van der Waals surface area contributed by atoms with Gasteiger partial charge in [0.15, 0.2) is 0 Å². The molecular formula is C26H17F6NS2. The van der Waals surface area contributed by atoms with E-state index < -0.39 is 33.9 Å². The van der Waals surface area contributed by atoms with Gasteiger partial charge < -0.3 is 0 Å². The van der Waals surface area contributed by atoms with Crippen LogP contribution in [0.15, 0.2) is 66.7 Å². The fraction of sp³-hybridized carbons (Fsp3) is 0.192. The van der Waals surface area contributed by atoms with Crippen molar-refractivity contribution in [2.45, 2.75) is 31.6 Å².